The first-order valence-electron chi connectivity index (χ1n) is 8.64. The summed E-state index contributed by atoms with van der Waals surface area (Å²) in [5, 5.41) is 23.0. The van der Waals surface area contributed by atoms with Crippen LogP contribution >= 0.6 is 35.0 Å². The predicted molar refractivity (Wildman–Crippen MR) is 117 cm³/mol. The van der Waals surface area contributed by atoms with E-state index in [0.29, 0.717) is 38.8 Å². The van der Waals surface area contributed by atoms with Crippen LogP contribution in [0.25, 0.3) is 0 Å². The summed E-state index contributed by atoms with van der Waals surface area (Å²) in [4.78, 5) is 12.3. The second kappa shape index (κ2) is 9.93. The van der Waals surface area contributed by atoms with Crippen LogP contribution in [-0.4, -0.2) is 31.5 Å². The number of rotatable bonds is 8. The summed E-state index contributed by atoms with van der Waals surface area (Å²) in [6.07, 6.45) is 0.752. The van der Waals surface area contributed by atoms with Gasteiger partial charge < -0.3 is 10.4 Å². The summed E-state index contributed by atoms with van der Waals surface area (Å²) >= 11 is 13.2. The lowest BCUT2D eigenvalue weighted by Crippen LogP contribution is -2.15. The topological polar surface area (TPSA) is 80.0 Å². The van der Waals surface area contributed by atoms with Crippen LogP contribution in [0.15, 0.2) is 66.3 Å². The maximum atomic E-state index is 12.3. The Hall–Kier alpha value is -2.32. The molecule has 6 nitrogen and oxygen atoms in total. The van der Waals surface area contributed by atoms with Gasteiger partial charge in [-0.15, -0.1) is 16.8 Å². The number of halogens is 2. The second-order valence-electron chi connectivity index (χ2n) is 6.01. The van der Waals surface area contributed by atoms with E-state index in [2.05, 4.69) is 22.1 Å². The number of nitrogens with one attached hydrogen (secondary N) is 1. The highest BCUT2D eigenvalue weighted by molar-refractivity contribution is 7.99. The standard InChI is InChI=1S/C20H18Cl2N4O2S/c1-2-10-26-19(18(28)13-6-4-3-5-7-13)24-25-20(26)29-12-17(27)23-16-9-8-14(21)11-15(16)22/h2-9,11,18,28H,1,10,12H2,(H,23,27)/t18-/m1/s1. The first kappa shape index (κ1) is 21.4. The summed E-state index contributed by atoms with van der Waals surface area (Å²) in [6.45, 7) is 4.15. The summed E-state index contributed by atoms with van der Waals surface area (Å²) in [6, 6.07) is 14.0. The van der Waals surface area contributed by atoms with E-state index < -0.39 is 6.10 Å². The maximum Gasteiger partial charge on any atom is 0.234 e. The van der Waals surface area contributed by atoms with Gasteiger partial charge >= 0.3 is 0 Å². The van der Waals surface area contributed by atoms with Crippen LogP contribution in [-0.2, 0) is 11.3 Å². The van der Waals surface area contributed by atoms with Crippen LogP contribution in [0.3, 0.4) is 0 Å². The highest BCUT2D eigenvalue weighted by atomic mass is 35.5. The fourth-order valence-corrected chi connectivity index (χ4v) is 3.81. The third kappa shape index (κ3) is 5.39. The Morgan fingerprint density at radius 1 is 1.24 bits per heavy atom. The number of amides is 1. The zero-order valence-electron chi connectivity index (χ0n) is 15.3. The number of aromatic nitrogens is 3. The largest absolute Gasteiger partial charge is 0.380 e. The Balaban J connectivity index is 1.71. The summed E-state index contributed by atoms with van der Waals surface area (Å²) in [5.74, 6) is 0.229. The van der Waals surface area contributed by atoms with Crippen molar-refractivity contribution in [3.05, 3.63) is 82.6 Å². The lowest BCUT2D eigenvalue weighted by Gasteiger charge is -2.13. The van der Waals surface area contributed by atoms with Crippen molar-refractivity contribution < 1.29 is 9.90 Å². The average Bonchev–Trinajstić information content (AvgIpc) is 3.11. The van der Waals surface area contributed by atoms with Crippen LogP contribution in [0.4, 0.5) is 5.69 Å². The number of carbonyl (C=O) groups is 1. The molecule has 1 amide bonds. The van der Waals surface area contributed by atoms with Crippen molar-refractivity contribution in [1.29, 1.82) is 0 Å². The van der Waals surface area contributed by atoms with Gasteiger partial charge in [0.25, 0.3) is 0 Å². The van der Waals surface area contributed by atoms with Gasteiger partial charge in [-0.1, -0.05) is 71.4 Å². The monoisotopic (exact) mass is 448 g/mol. The zero-order valence-corrected chi connectivity index (χ0v) is 17.6. The number of benzene rings is 2. The van der Waals surface area contributed by atoms with Crippen LogP contribution < -0.4 is 5.32 Å². The first-order chi connectivity index (χ1) is 14.0. The number of aliphatic hydroxyl groups is 1. The molecule has 0 aliphatic rings. The van der Waals surface area contributed by atoms with Gasteiger partial charge in [0.1, 0.15) is 6.10 Å². The number of anilines is 1. The molecule has 9 heteroatoms. The Kier molecular flexibility index (Phi) is 7.33. The van der Waals surface area contributed by atoms with Crippen LogP contribution in [0.2, 0.25) is 10.0 Å². The van der Waals surface area contributed by atoms with Gasteiger partial charge in [-0.25, -0.2) is 0 Å². The lowest BCUT2D eigenvalue weighted by atomic mass is 10.1. The van der Waals surface area contributed by atoms with Crippen LogP contribution in [0.1, 0.15) is 17.5 Å². The Bertz CT molecular complexity index is 1010. The van der Waals surface area contributed by atoms with E-state index in [1.165, 1.54) is 11.8 Å². The zero-order chi connectivity index (χ0) is 20.8. The fraction of sp³-hybridized carbons (Fsp3) is 0.150. The summed E-state index contributed by atoms with van der Waals surface area (Å²) < 4.78 is 1.73. The number of thioether (sulfide) groups is 1. The molecule has 2 N–H and O–H groups in total. The van der Waals surface area contributed by atoms with E-state index in [1.807, 2.05) is 30.3 Å². The molecule has 3 aromatic rings. The Labute approximate surface area is 182 Å². The van der Waals surface area contributed by atoms with E-state index in [-0.39, 0.29) is 11.7 Å². The number of nitrogens with zero attached hydrogens (tertiary/aromatic N) is 3. The van der Waals surface area contributed by atoms with E-state index in [0.717, 1.165) is 0 Å². The molecule has 0 unspecified atom stereocenters. The smallest absolute Gasteiger partial charge is 0.234 e. The number of aliphatic hydroxyl groups excluding tert-OH is 1. The quantitative estimate of drug-likeness (QED) is 0.389. The fourth-order valence-electron chi connectivity index (χ4n) is 2.60. The normalized spacial score (nSPS) is 11.8. The molecule has 0 radical (unpaired) electrons. The molecular formula is C20H18Cl2N4O2S. The highest BCUT2D eigenvalue weighted by Crippen LogP contribution is 2.27. The van der Waals surface area contributed by atoms with E-state index in [1.54, 1.807) is 28.8 Å². The number of hydrogen-bond acceptors (Lipinski definition) is 5. The molecular weight excluding hydrogens is 431 g/mol. The molecule has 3 rings (SSSR count). The van der Waals surface area contributed by atoms with Gasteiger partial charge in [0.2, 0.25) is 5.91 Å². The number of hydrogen-bond donors (Lipinski definition) is 2. The minimum atomic E-state index is -0.931. The third-order valence-corrected chi connectivity index (χ3v) is 5.47. The molecule has 150 valence electrons. The van der Waals surface area contributed by atoms with Crippen molar-refractivity contribution in [1.82, 2.24) is 14.8 Å². The SMILES string of the molecule is C=CCn1c(SCC(=O)Nc2ccc(Cl)cc2Cl)nnc1[C@H](O)c1ccccc1. The Morgan fingerprint density at radius 2 is 2.00 bits per heavy atom. The molecule has 29 heavy (non-hydrogen) atoms. The highest BCUT2D eigenvalue weighted by Gasteiger charge is 2.21. The maximum absolute atomic E-state index is 12.3. The molecule has 0 bridgehead atoms. The summed E-state index contributed by atoms with van der Waals surface area (Å²) in [5.41, 5.74) is 1.19. The van der Waals surface area contributed by atoms with E-state index >= 15 is 0 Å². The molecule has 2 aromatic carbocycles. The van der Waals surface area contributed by atoms with Gasteiger partial charge in [0.15, 0.2) is 11.0 Å². The molecule has 0 fully saturated rings. The predicted octanol–water partition coefficient (Wildman–Crippen LogP) is 4.58. The molecule has 0 saturated carbocycles. The van der Waals surface area contributed by atoms with Crippen molar-refractivity contribution in [2.24, 2.45) is 0 Å². The molecule has 0 saturated heterocycles. The molecule has 0 spiro atoms. The molecule has 1 aromatic heterocycles. The van der Waals surface area contributed by atoms with Gasteiger partial charge in [-0.3, -0.25) is 9.36 Å². The van der Waals surface area contributed by atoms with Crippen molar-refractivity contribution in [3.8, 4) is 0 Å². The van der Waals surface area contributed by atoms with Crippen LogP contribution in [0.5, 0.6) is 0 Å². The first-order valence-corrected chi connectivity index (χ1v) is 10.4. The summed E-state index contributed by atoms with van der Waals surface area (Å²) in [7, 11) is 0. The molecule has 1 atom stereocenters. The molecule has 0 aliphatic carbocycles. The van der Waals surface area contributed by atoms with Crippen molar-refractivity contribution in [2.75, 3.05) is 11.1 Å². The van der Waals surface area contributed by atoms with Gasteiger partial charge in [-0.05, 0) is 23.8 Å². The van der Waals surface area contributed by atoms with Crippen molar-refractivity contribution in [2.45, 2.75) is 17.8 Å². The van der Waals surface area contributed by atoms with E-state index in [4.69, 9.17) is 23.2 Å². The van der Waals surface area contributed by atoms with Gasteiger partial charge in [0, 0.05) is 11.6 Å². The van der Waals surface area contributed by atoms with Gasteiger partial charge in [-0.2, -0.15) is 0 Å². The number of allylic oxidation sites excluding steroid dienone is 1. The minimum absolute atomic E-state index is 0.0929. The number of carbonyl (C=O) groups excluding carboxylic acids is 1. The lowest BCUT2D eigenvalue weighted by molar-refractivity contribution is -0.113. The van der Waals surface area contributed by atoms with Crippen molar-refractivity contribution >= 4 is 46.6 Å². The van der Waals surface area contributed by atoms with Crippen molar-refractivity contribution in [3.63, 3.8) is 0 Å². The van der Waals surface area contributed by atoms with Crippen LogP contribution in [0, 0.1) is 0 Å². The minimum Gasteiger partial charge on any atom is -0.380 e. The van der Waals surface area contributed by atoms with Gasteiger partial charge in [0.05, 0.1) is 16.5 Å². The molecule has 1 heterocycles. The average molecular weight is 449 g/mol. The third-order valence-electron chi connectivity index (χ3n) is 3.95. The van der Waals surface area contributed by atoms with E-state index in [9.17, 15) is 9.90 Å². The molecule has 0 aliphatic heterocycles. The Morgan fingerprint density at radius 3 is 2.69 bits per heavy atom. The second-order valence-corrected chi connectivity index (χ2v) is 7.80.